The molecule has 2 aromatic carbocycles. The van der Waals surface area contributed by atoms with Gasteiger partial charge < -0.3 is 10.4 Å². The van der Waals surface area contributed by atoms with Gasteiger partial charge in [0.2, 0.25) is 0 Å². The topological polar surface area (TPSA) is 49.3 Å². The highest BCUT2D eigenvalue weighted by Crippen LogP contribution is 2.28. The molecule has 0 aliphatic carbocycles. The molecule has 6 heteroatoms. The van der Waals surface area contributed by atoms with Crippen molar-refractivity contribution in [3.63, 3.8) is 0 Å². The van der Waals surface area contributed by atoms with Gasteiger partial charge in [-0.3, -0.25) is 0 Å². The van der Waals surface area contributed by atoms with E-state index in [1.807, 2.05) is 0 Å². The number of rotatable bonds is 4. The number of anilines is 1. The van der Waals surface area contributed by atoms with Crippen LogP contribution < -0.4 is 5.32 Å². The van der Waals surface area contributed by atoms with E-state index in [2.05, 4.69) is 21.2 Å². The SMILES string of the molecule is O=C(O)C(Nc1ccccc1F)c1ccc(Cl)c(Br)c1. The van der Waals surface area contributed by atoms with Gasteiger partial charge in [-0.15, -0.1) is 0 Å². The second-order valence-electron chi connectivity index (χ2n) is 4.07. The normalized spacial score (nSPS) is 11.9. The molecule has 3 nitrogen and oxygen atoms in total. The molecule has 1 atom stereocenters. The molecular formula is C14H10BrClFNO2. The van der Waals surface area contributed by atoms with E-state index in [4.69, 9.17) is 11.6 Å². The molecule has 0 aliphatic heterocycles. The maximum absolute atomic E-state index is 13.6. The van der Waals surface area contributed by atoms with Crippen LogP contribution in [-0.2, 0) is 4.79 Å². The monoisotopic (exact) mass is 357 g/mol. The zero-order valence-corrected chi connectivity index (χ0v) is 12.5. The largest absolute Gasteiger partial charge is 0.479 e. The number of carbonyl (C=O) groups is 1. The lowest BCUT2D eigenvalue weighted by Gasteiger charge is -2.17. The quantitative estimate of drug-likeness (QED) is 0.847. The summed E-state index contributed by atoms with van der Waals surface area (Å²) in [5.74, 6) is -1.62. The Morgan fingerprint density at radius 3 is 2.60 bits per heavy atom. The fraction of sp³-hybridized carbons (Fsp3) is 0.0714. The second kappa shape index (κ2) is 6.24. The van der Waals surface area contributed by atoms with Crippen molar-refractivity contribution in [1.82, 2.24) is 0 Å². The summed E-state index contributed by atoms with van der Waals surface area (Å²) in [6.07, 6.45) is 0. The maximum Gasteiger partial charge on any atom is 0.330 e. The first kappa shape index (κ1) is 14.8. The van der Waals surface area contributed by atoms with Crippen LogP contribution in [0.1, 0.15) is 11.6 Å². The van der Waals surface area contributed by atoms with Gasteiger partial charge in [0.25, 0.3) is 0 Å². The average molecular weight is 359 g/mol. The van der Waals surface area contributed by atoms with Gasteiger partial charge in [-0.2, -0.15) is 0 Å². The third-order valence-electron chi connectivity index (χ3n) is 2.70. The number of carboxylic acid groups (broad SMARTS) is 1. The number of benzene rings is 2. The lowest BCUT2D eigenvalue weighted by Crippen LogP contribution is -2.21. The molecule has 0 spiro atoms. The third kappa shape index (κ3) is 3.29. The minimum atomic E-state index is -1.11. The first-order valence-corrected chi connectivity index (χ1v) is 6.85. The van der Waals surface area contributed by atoms with E-state index in [9.17, 15) is 14.3 Å². The molecule has 2 N–H and O–H groups in total. The van der Waals surface area contributed by atoms with E-state index in [1.54, 1.807) is 24.3 Å². The average Bonchev–Trinajstić information content (AvgIpc) is 2.41. The van der Waals surface area contributed by atoms with Crippen molar-refractivity contribution < 1.29 is 14.3 Å². The van der Waals surface area contributed by atoms with Gasteiger partial charge in [0, 0.05) is 4.47 Å². The summed E-state index contributed by atoms with van der Waals surface area (Å²) in [6.45, 7) is 0. The van der Waals surface area contributed by atoms with Crippen molar-refractivity contribution in [2.24, 2.45) is 0 Å². The Morgan fingerprint density at radius 1 is 1.30 bits per heavy atom. The van der Waals surface area contributed by atoms with Crippen LogP contribution in [0.3, 0.4) is 0 Å². The minimum absolute atomic E-state index is 0.131. The molecule has 0 saturated heterocycles. The van der Waals surface area contributed by atoms with Gasteiger partial charge in [-0.1, -0.05) is 29.8 Å². The van der Waals surface area contributed by atoms with Gasteiger partial charge in [-0.05, 0) is 45.8 Å². The van der Waals surface area contributed by atoms with Gasteiger partial charge in [0.15, 0.2) is 6.04 Å². The third-order valence-corrected chi connectivity index (χ3v) is 3.91. The summed E-state index contributed by atoms with van der Waals surface area (Å²) in [4.78, 5) is 11.4. The zero-order chi connectivity index (χ0) is 14.7. The van der Waals surface area contributed by atoms with E-state index in [1.165, 1.54) is 18.2 Å². The molecule has 0 radical (unpaired) electrons. The maximum atomic E-state index is 13.6. The van der Waals surface area contributed by atoms with Crippen LogP contribution in [0.5, 0.6) is 0 Å². The van der Waals surface area contributed by atoms with E-state index < -0.39 is 17.8 Å². The molecule has 0 bridgehead atoms. The van der Waals surface area contributed by atoms with Crippen molar-refractivity contribution >= 4 is 39.2 Å². The first-order valence-electron chi connectivity index (χ1n) is 5.68. The van der Waals surface area contributed by atoms with Gasteiger partial charge in [0.1, 0.15) is 5.82 Å². The summed E-state index contributed by atoms with van der Waals surface area (Å²) in [5.41, 5.74) is 0.600. The summed E-state index contributed by atoms with van der Waals surface area (Å²) in [7, 11) is 0. The van der Waals surface area contributed by atoms with Crippen LogP contribution >= 0.6 is 27.5 Å². The molecule has 0 aromatic heterocycles. The highest BCUT2D eigenvalue weighted by Gasteiger charge is 2.21. The summed E-state index contributed by atoms with van der Waals surface area (Å²) in [6, 6.07) is 9.60. The number of hydrogen-bond donors (Lipinski definition) is 2. The number of nitrogens with one attached hydrogen (secondary N) is 1. The summed E-state index contributed by atoms with van der Waals surface area (Å²) < 4.78 is 14.2. The highest BCUT2D eigenvalue weighted by molar-refractivity contribution is 9.10. The molecule has 0 aliphatic rings. The van der Waals surface area contributed by atoms with Gasteiger partial charge in [0.05, 0.1) is 10.7 Å². The van der Waals surface area contributed by atoms with E-state index in [0.29, 0.717) is 15.1 Å². The number of carboxylic acids is 1. The van der Waals surface area contributed by atoms with Crippen LogP contribution in [0.2, 0.25) is 5.02 Å². The second-order valence-corrected chi connectivity index (χ2v) is 5.33. The van der Waals surface area contributed by atoms with Crippen LogP contribution in [-0.4, -0.2) is 11.1 Å². The Bertz CT molecular complexity index is 651. The Kier molecular flexibility index (Phi) is 4.62. The number of para-hydroxylation sites is 1. The van der Waals surface area contributed by atoms with Crippen molar-refractivity contribution in [2.45, 2.75) is 6.04 Å². The lowest BCUT2D eigenvalue weighted by atomic mass is 10.1. The molecule has 2 rings (SSSR count). The van der Waals surface area contributed by atoms with Crippen LogP contribution in [0, 0.1) is 5.82 Å². The van der Waals surface area contributed by atoms with Crippen LogP contribution in [0.25, 0.3) is 0 Å². The van der Waals surface area contributed by atoms with Crippen molar-refractivity contribution in [1.29, 1.82) is 0 Å². The zero-order valence-electron chi connectivity index (χ0n) is 10.1. The Hall–Kier alpha value is -1.59. The van der Waals surface area contributed by atoms with E-state index >= 15 is 0 Å². The molecule has 1 unspecified atom stereocenters. The van der Waals surface area contributed by atoms with Crippen LogP contribution in [0.4, 0.5) is 10.1 Å². The van der Waals surface area contributed by atoms with E-state index in [0.717, 1.165) is 0 Å². The number of halogens is 3. The Morgan fingerprint density at radius 2 is 2.00 bits per heavy atom. The van der Waals surface area contributed by atoms with Crippen LogP contribution in [0.15, 0.2) is 46.9 Å². The van der Waals surface area contributed by atoms with E-state index in [-0.39, 0.29) is 5.69 Å². The molecule has 0 saturated carbocycles. The number of aliphatic carboxylic acids is 1. The van der Waals surface area contributed by atoms with Crippen molar-refractivity contribution in [3.8, 4) is 0 Å². The van der Waals surface area contributed by atoms with Crippen molar-refractivity contribution in [2.75, 3.05) is 5.32 Å². The first-order chi connectivity index (χ1) is 9.49. The summed E-state index contributed by atoms with van der Waals surface area (Å²) >= 11 is 9.11. The smallest absolute Gasteiger partial charge is 0.330 e. The standard InChI is InChI=1S/C14H10BrClFNO2/c15-9-7-8(5-6-10(9)16)13(14(19)20)18-12-4-2-1-3-11(12)17/h1-7,13,18H,(H,19,20). The molecule has 20 heavy (non-hydrogen) atoms. The van der Waals surface area contributed by atoms with Gasteiger partial charge in [-0.25, -0.2) is 9.18 Å². The lowest BCUT2D eigenvalue weighted by molar-refractivity contribution is -0.138. The molecule has 0 fully saturated rings. The Balaban J connectivity index is 2.34. The summed E-state index contributed by atoms with van der Waals surface area (Å²) in [5, 5.41) is 12.5. The Labute approximate surface area is 128 Å². The number of hydrogen-bond acceptors (Lipinski definition) is 2. The van der Waals surface area contributed by atoms with Gasteiger partial charge >= 0.3 is 5.97 Å². The van der Waals surface area contributed by atoms with Crippen molar-refractivity contribution in [3.05, 3.63) is 63.3 Å². The fourth-order valence-corrected chi connectivity index (χ4v) is 2.23. The predicted octanol–water partition coefficient (Wildman–Crippen LogP) is 4.48. The molecule has 0 amide bonds. The molecule has 104 valence electrons. The fourth-order valence-electron chi connectivity index (χ4n) is 1.71. The molecule has 0 heterocycles. The highest BCUT2D eigenvalue weighted by atomic mass is 79.9. The molecule has 2 aromatic rings. The molecular weight excluding hydrogens is 349 g/mol. The predicted molar refractivity (Wildman–Crippen MR) is 79.6 cm³/mol. The minimum Gasteiger partial charge on any atom is -0.479 e.